The minimum absolute atomic E-state index is 0.0300. The van der Waals surface area contributed by atoms with Crippen LogP contribution in [-0.4, -0.2) is 31.9 Å². The van der Waals surface area contributed by atoms with Crippen molar-refractivity contribution in [3.63, 3.8) is 0 Å². The van der Waals surface area contributed by atoms with Crippen LogP contribution < -0.4 is 0 Å². The predicted octanol–water partition coefficient (Wildman–Crippen LogP) is 1.25. The van der Waals surface area contributed by atoms with Gasteiger partial charge in [-0.15, -0.1) is 0 Å². The molecule has 0 atom stereocenters. The molecule has 0 amide bonds. The minimum Gasteiger partial charge on any atom is -0.468 e. The number of hydrogen-bond acceptors (Lipinski definition) is 5. The molecule has 0 aliphatic heterocycles. The number of ether oxygens (including phenoxy) is 2. The van der Waals surface area contributed by atoms with Crippen LogP contribution in [0.4, 0.5) is 0 Å². The predicted molar refractivity (Wildman–Crippen MR) is 65.7 cm³/mol. The molecule has 0 bridgehead atoms. The summed E-state index contributed by atoms with van der Waals surface area (Å²) in [5, 5.41) is 0. The molecule has 1 aromatic rings. The number of methoxy groups -OCH3 is 2. The first-order valence-corrected chi connectivity index (χ1v) is 5.82. The normalized spacial score (nSPS) is 16.4. The summed E-state index contributed by atoms with van der Waals surface area (Å²) in [6, 6.07) is 6.48. The molecule has 2 rings (SSSR count). The van der Waals surface area contributed by atoms with E-state index < -0.39 is 17.4 Å². The zero-order valence-electron chi connectivity index (χ0n) is 10.8. The van der Waals surface area contributed by atoms with Gasteiger partial charge in [0.15, 0.2) is 0 Å². The fourth-order valence-electron chi connectivity index (χ4n) is 2.33. The summed E-state index contributed by atoms with van der Waals surface area (Å²) < 4.78 is 9.38. The highest BCUT2D eigenvalue weighted by Gasteiger charge is 2.52. The lowest BCUT2D eigenvalue weighted by atomic mass is 9.63. The molecule has 0 radical (unpaired) electrons. The van der Waals surface area contributed by atoms with E-state index in [-0.39, 0.29) is 18.6 Å². The van der Waals surface area contributed by atoms with Crippen LogP contribution in [0, 0.1) is 0 Å². The second-order valence-corrected chi connectivity index (χ2v) is 4.53. The number of rotatable bonds is 3. The second kappa shape index (κ2) is 4.84. The lowest BCUT2D eigenvalue weighted by Gasteiger charge is -2.37. The SMILES string of the molecule is COC(=O)c1ccc(C2(C(=O)OC)CC(=O)C2)cc1. The third kappa shape index (κ3) is 2.12. The van der Waals surface area contributed by atoms with Gasteiger partial charge in [-0.2, -0.15) is 0 Å². The van der Waals surface area contributed by atoms with Gasteiger partial charge >= 0.3 is 11.9 Å². The minimum atomic E-state index is -0.888. The van der Waals surface area contributed by atoms with Crippen molar-refractivity contribution in [2.45, 2.75) is 18.3 Å². The van der Waals surface area contributed by atoms with E-state index in [0.717, 1.165) is 0 Å². The highest BCUT2D eigenvalue weighted by atomic mass is 16.5. The van der Waals surface area contributed by atoms with Crippen LogP contribution in [0.1, 0.15) is 28.8 Å². The lowest BCUT2D eigenvalue weighted by Crippen LogP contribution is -2.48. The van der Waals surface area contributed by atoms with Gasteiger partial charge in [0, 0.05) is 12.8 Å². The highest BCUT2D eigenvalue weighted by molar-refractivity contribution is 6.02. The highest BCUT2D eigenvalue weighted by Crippen LogP contribution is 2.42. The Hall–Kier alpha value is -2.17. The Morgan fingerprint density at radius 2 is 1.63 bits per heavy atom. The van der Waals surface area contributed by atoms with E-state index in [1.165, 1.54) is 14.2 Å². The Labute approximate surface area is 110 Å². The quantitative estimate of drug-likeness (QED) is 0.767. The number of Topliss-reactive ketones (excluding diaryl/α,β-unsaturated/α-hetero) is 1. The maximum Gasteiger partial charge on any atom is 0.337 e. The van der Waals surface area contributed by atoms with Crippen LogP contribution in [-0.2, 0) is 24.5 Å². The van der Waals surface area contributed by atoms with E-state index >= 15 is 0 Å². The maximum atomic E-state index is 11.9. The van der Waals surface area contributed by atoms with Crippen molar-refractivity contribution in [3.05, 3.63) is 35.4 Å². The van der Waals surface area contributed by atoms with E-state index in [0.29, 0.717) is 11.1 Å². The first kappa shape index (κ1) is 13.3. The van der Waals surface area contributed by atoms with Gasteiger partial charge in [-0.1, -0.05) is 12.1 Å². The summed E-state index contributed by atoms with van der Waals surface area (Å²) in [5.41, 5.74) is 0.198. The van der Waals surface area contributed by atoms with Crippen LogP contribution in [0.3, 0.4) is 0 Å². The molecule has 1 saturated carbocycles. The van der Waals surface area contributed by atoms with Crippen molar-refractivity contribution in [1.29, 1.82) is 0 Å². The number of carbonyl (C=O) groups excluding carboxylic acids is 3. The molecule has 0 spiro atoms. The average molecular weight is 262 g/mol. The second-order valence-electron chi connectivity index (χ2n) is 4.53. The zero-order chi connectivity index (χ0) is 14.0. The molecule has 0 heterocycles. The Kier molecular flexibility index (Phi) is 3.38. The third-order valence-corrected chi connectivity index (χ3v) is 3.43. The van der Waals surface area contributed by atoms with Crippen LogP contribution in [0.5, 0.6) is 0 Å². The van der Waals surface area contributed by atoms with Crippen molar-refractivity contribution >= 4 is 17.7 Å². The zero-order valence-corrected chi connectivity index (χ0v) is 10.8. The van der Waals surface area contributed by atoms with Crippen molar-refractivity contribution in [2.75, 3.05) is 14.2 Å². The standard InChI is InChI=1S/C14H14O5/c1-18-12(16)9-3-5-10(6-4-9)14(13(17)19-2)7-11(15)8-14/h3-6H,7-8H2,1-2H3. The maximum absolute atomic E-state index is 11.9. The average Bonchev–Trinajstić information content (AvgIpc) is 2.42. The molecular formula is C14H14O5. The van der Waals surface area contributed by atoms with Crippen LogP contribution in [0.2, 0.25) is 0 Å². The van der Waals surface area contributed by atoms with E-state index in [4.69, 9.17) is 4.74 Å². The number of hydrogen-bond donors (Lipinski definition) is 0. The number of esters is 2. The molecule has 0 unspecified atom stereocenters. The Morgan fingerprint density at radius 1 is 1.05 bits per heavy atom. The molecule has 1 fully saturated rings. The fraction of sp³-hybridized carbons (Fsp3) is 0.357. The number of benzene rings is 1. The van der Waals surface area contributed by atoms with Crippen molar-refractivity contribution in [1.82, 2.24) is 0 Å². The molecule has 5 nitrogen and oxygen atoms in total. The summed E-state index contributed by atoms with van der Waals surface area (Å²) in [6.07, 6.45) is 0.300. The van der Waals surface area contributed by atoms with Gasteiger partial charge < -0.3 is 9.47 Å². The number of carbonyl (C=O) groups is 3. The van der Waals surface area contributed by atoms with Gasteiger partial charge in [0.05, 0.1) is 19.8 Å². The molecular weight excluding hydrogens is 248 g/mol. The van der Waals surface area contributed by atoms with Gasteiger partial charge in [0.1, 0.15) is 11.2 Å². The molecule has 0 saturated heterocycles. The Bertz CT molecular complexity index is 521. The summed E-state index contributed by atoms with van der Waals surface area (Å²) in [6.45, 7) is 0. The van der Waals surface area contributed by atoms with E-state index in [9.17, 15) is 14.4 Å². The van der Waals surface area contributed by atoms with Gasteiger partial charge in [0.2, 0.25) is 0 Å². The summed E-state index contributed by atoms with van der Waals surface area (Å²) in [7, 11) is 2.60. The van der Waals surface area contributed by atoms with E-state index in [2.05, 4.69) is 4.74 Å². The molecule has 1 aromatic carbocycles. The number of ketones is 1. The van der Waals surface area contributed by atoms with Crippen LogP contribution in [0.25, 0.3) is 0 Å². The van der Waals surface area contributed by atoms with Crippen LogP contribution >= 0.6 is 0 Å². The van der Waals surface area contributed by atoms with Crippen molar-refractivity contribution in [2.24, 2.45) is 0 Å². The summed E-state index contributed by atoms with van der Waals surface area (Å²) in [4.78, 5) is 34.5. The lowest BCUT2D eigenvalue weighted by molar-refractivity contribution is -0.156. The van der Waals surface area contributed by atoms with Gasteiger partial charge in [0.25, 0.3) is 0 Å². The van der Waals surface area contributed by atoms with Gasteiger partial charge in [-0.3, -0.25) is 9.59 Å². The molecule has 0 N–H and O–H groups in total. The van der Waals surface area contributed by atoms with E-state index in [1.54, 1.807) is 24.3 Å². The van der Waals surface area contributed by atoms with Gasteiger partial charge in [-0.05, 0) is 17.7 Å². The third-order valence-electron chi connectivity index (χ3n) is 3.43. The molecule has 5 heteroatoms. The van der Waals surface area contributed by atoms with Crippen molar-refractivity contribution in [3.8, 4) is 0 Å². The molecule has 100 valence electrons. The molecule has 19 heavy (non-hydrogen) atoms. The Morgan fingerprint density at radius 3 is 2.05 bits per heavy atom. The smallest absolute Gasteiger partial charge is 0.337 e. The Balaban J connectivity index is 2.32. The van der Waals surface area contributed by atoms with Crippen LogP contribution in [0.15, 0.2) is 24.3 Å². The fourth-order valence-corrected chi connectivity index (χ4v) is 2.33. The molecule has 0 aromatic heterocycles. The first-order valence-electron chi connectivity index (χ1n) is 5.82. The monoisotopic (exact) mass is 262 g/mol. The topological polar surface area (TPSA) is 69.7 Å². The van der Waals surface area contributed by atoms with E-state index in [1.807, 2.05) is 0 Å². The molecule has 1 aliphatic rings. The molecule has 1 aliphatic carbocycles. The largest absolute Gasteiger partial charge is 0.468 e. The summed E-state index contributed by atoms with van der Waals surface area (Å²) in [5.74, 6) is -0.830. The van der Waals surface area contributed by atoms with Crippen molar-refractivity contribution < 1.29 is 23.9 Å². The first-order chi connectivity index (χ1) is 9.03. The summed E-state index contributed by atoms with van der Waals surface area (Å²) >= 11 is 0. The van der Waals surface area contributed by atoms with Gasteiger partial charge in [-0.25, -0.2) is 4.79 Å².